The zero-order valence-corrected chi connectivity index (χ0v) is 21.1. The molecule has 0 atom stereocenters. The van der Waals surface area contributed by atoms with E-state index in [0.29, 0.717) is 0 Å². The number of hydrogen-bond donors (Lipinski definition) is 0. The fourth-order valence-electron chi connectivity index (χ4n) is 3.22. The van der Waals surface area contributed by atoms with Crippen molar-refractivity contribution in [3.05, 3.63) is 65.2 Å². The first kappa shape index (κ1) is 22.0. The van der Waals surface area contributed by atoms with Gasteiger partial charge in [-0.25, -0.2) is 0 Å². The number of benzene rings is 2. The van der Waals surface area contributed by atoms with Crippen LogP contribution >= 0.6 is 0 Å². The predicted octanol–water partition coefficient (Wildman–Crippen LogP) is 6.15. The van der Waals surface area contributed by atoms with E-state index < -0.39 is 25.2 Å². The Morgan fingerprint density at radius 1 is 0.667 bits per heavy atom. The summed E-state index contributed by atoms with van der Waals surface area (Å²) in [5, 5.41) is 1.23. The Kier molecular flexibility index (Phi) is 6.86. The molecule has 0 aliphatic carbocycles. The lowest BCUT2D eigenvalue weighted by Gasteiger charge is -2.39. The molecule has 0 radical (unpaired) electrons. The predicted molar refractivity (Wildman–Crippen MR) is 127 cm³/mol. The average Bonchev–Trinajstić information content (AvgIpc) is 2.51. The molecule has 2 rings (SSSR count). The van der Waals surface area contributed by atoms with Crippen molar-refractivity contribution in [3.63, 3.8) is 0 Å². The fraction of sp³-hybridized carbons (Fsp3) is 0.364. The zero-order chi connectivity index (χ0) is 20.3. The molecule has 0 heterocycles. The Morgan fingerprint density at radius 2 is 1.19 bits per heavy atom. The van der Waals surface area contributed by atoms with Crippen molar-refractivity contribution in [2.75, 3.05) is 0 Å². The van der Waals surface area contributed by atoms with Gasteiger partial charge in [0, 0.05) is 0 Å². The van der Waals surface area contributed by atoms with Crippen molar-refractivity contribution in [3.8, 4) is 0 Å². The first-order valence-corrected chi connectivity index (χ1v) is 18.8. The third-order valence-electron chi connectivity index (χ3n) is 3.98. The lowest BCUT2D eigenvalue weighted by atomic mass is 10.1. The van der Waals surface area contributed by atoms with Crippen LogP contribution in [-0.4, -0.2) is 25.2 Å². The second-order valence-electron chi connectivity index (χ2n) is 9.21. The minimum atomic E-state index is -2.52. The zero-order valence-electron chi connectivity index (χ0n) is 18.1. The highest BCUT2D eigenvalue weighted by Crippen LogP contribution is 2.23. The first-order chi connectivity index (χ1) is 12.4. The Hall–Kier alpha value is -1.25. The third-order valence-corrected chi connectivity index (χ3v) is 13.4. The molecule has 2 aromatic carbocycles. The molecule has 0 aromatic heterocycles. The van der Waals surface area contributed by atoms with E-state index in [2.05, 4.69) is 113 Å². The smallest absolute Gasteiger partial charge is 0.349 e. The van der Waals surface area contributed by atoms with E-state index in [1.54, 1.807) is 0 Å². The van der Waals surface area contributed by atoms with E-state index >= 15 is 0 Å². The average molecular weight is 415 g/mol. The molecule has 0 spiro atoms. The monoisotopic (exact) mass is 414 g/mol. The molecule has 2 aromatic rings. The number of aryl methyl sites for hydroxylation is 1. The fourth-order valence-corrected chi connectivity index (χ4v) is 15.1. The summed E-state index contributed by atoms with van der Waals surface area (Å²) >= 11 is 0. The van der Waals surface area contributed by atoms with E-state index in [1.807, 2.05) is 0 Å². The van der Waals surface area contributed by atoms with Gasteiger partial charge >= 0.3 is 8.56 Å². The van der Waals surface area contributed by atoms with Crippen LogP contribution in [0, 0.1) is 6.92 Å². The quantitative estimate of drug-likeness (QED) is 0.400. The molecule has 5 heteroatoms. The minimum Gasteiger partial charge on any atom is -0.433 e. The van der Waals surface area contributed by atoms with Gasteiger partial charge in [0.2, 0.25) is 0 Å². The summed E-state index contributed by atoms with van der Waals surface area (Å²) in [5.74, 6) is 0. The molecule has 146 valence electrons. The van der Waals surface area contributed by atoms with Crippen molar-refractivity contribution in [2.45, 2.75) is 52.8 Å². The molecule has 0 bridgehead atoms. The van der Waals surface area contributed by atoms with Crippen LogP contribution in [0.1, 0.15) is 16.7 Å². The third kappa shape index (κ3) is 7.01. The van der Waals surface area contributed by atoms with E-state index in [-0.39, 0.29) is 0 Å². The molecule has 0 aliphatic heterocycles. The molecular formula is C22H34O2Si3. The molecule has 0 N–H and O–H groups in total. The lowest BCUT2D eigenvalue weighted by molar-refractivity contribution is 0.404. The van der Waals surface area contributed by atoms with Gasteiger partial charge in [-0.15, -0.1) is 0 Å². The van der Waals surface area contributed by atoms with E-state index in [0.717, 1.165) is 0 Å². The molecule has 2 nitrogen and oxygen atoms in total. The van der Waals surface area contributed by atoms with Crippen LogP contribution in [0.15, 0.2) is 48.5 Å². The summed E-state index contributed by atoms with van der Waals surface area (Å²) in [6.45, 7) is 17.8. The molecule has 27 heavy (non-hydrogen) atoms. The maximum Gasteiger partial charge on any atom is 0.349 e. The molecule has 0 saturated heterocycles. The summed E-state index contributed by atoms with van der Waals surface area (Å²) in [4.78, 5) is 0. The lowest BCUT2D eigenvalue weighted by Crippen LogP contribution is -2.60. The van der Waals surface area contributed by atoms with Crippen molar-refractivity contribution in [1.29, 1.82) is 0 Å². The van der Waals surface area contributed by atoms with Crippen molar-refractivity contribution in [2.24, 2.45) is 0 Å². The SMILES string of the molecule is Cc1ccc(/C=C/c2ccccc2[Si](C)(O[Si](C)(C)C)O[Si](C)(C)C)cc1. The van der Waals surface area contributed by atoms with Gasteiger partial charge in [0.1, 0.15) is 0 Å². The summed E-state index contributed by atoms with van der Waals surface area (Å²) in [5.41, 5.74) is 3.68. The molecule has 0 aliphatic rings. The van der Waals surface area contributed by atoms with Crippen LogP contribution in [0.4, 0.5) is 0 Å². The minimum absolute atomic E-state index is 1.20. The second-order valence-corrected chi connectivity index (χ2v) is 21.7. The van der Waals surface area contributed by atoms with Gasteiger partial charge < -0.3 is 8.23 Å². The summed E-state index contributed by atoms with van der Waals surface area (Å²) < 4.78 is 13.5. The van der Waals surface area contributed by atoms with Gasteiger partial charge in [0.15, 0.2) is 16.6 Å². The van der Waals surface area contributed by atoms with Crippen LogP contribution in [-0.2, 0) is 8.23 Å². The Bertz CT molecular complexity index is 768. The largest absolute Gasteiger partial charge is 0.433 e. The second kappa shape index (κ2) is 8.41. The van der Waals surface area contributed by atoms with Crippen LogP contribution in [0.3, 0.4) is 0 Å². The highest BCUT2D eigenvalue weighted by molar-refractivity contribution is 6.94. The number of rotatable bonds is 7. The Morgan fingerprint density at radius 3 is 1.70 bits per heavy atom. The van der Waals surface area contributed by atoms with Crippen LogP contribution in [0.2, 0.25) is 45.8 Å². The van der Waals surface area contributed by atoms with Gasteiger partial charge in [0.25, 0.3) is 0 Å². The normalized spacial score (nSPS) is 13.3. The molecule has 0 unspecified atom stereocenters. The van der Waals surface area contributed by atoms with Crippen molar-refractivity contribution < 1.29 is 8.23 Å². The summed E-state index contributed by atoms with van der Waals surface area (Å²) in [6.07, 6.45) is 4.38. The van der Waals surface area contributed by atoms with Crippen LogP contribution in [0.5, 0.6) is 0 Å². The van der Waals surface area contributed by atoms with Gasteiger partial charge in [-0.2, -0.15) is 0 Å². The topological polar surface area (TPSA) is 18.5 Å². The van der Waals surface area contributed by atoms with Crippen molar-refractivity contribution in [1.82, 2.24) is 0 Å². The van der Waals surface area contributed by atoms with E-state index in [1.165, 1.54) is 21.9 Å². The standard InChI is InChI=1S/C22H34O2Si3/c1-19-13-15-20(16-14-19)17-18-21-11-9-10-12-22(21)27(8,23-25(2,3)4)24-26(5,6)7/h9-18H,1-8H3/b18-17+. The summed E-state index contributed by atoms with van der Waals surface area (Å²) in [6, 6.07) is 17.2. The first-order valence-electron chi connectivity index (χ1n) is 9.63. The van der Waals surface area contributed by atoms with Gasteiger partial charge in [0.05, 0.1) is 0 Å². The van der Waals surface area contributed by atoms with Gasteiger partial charge in [-0.05, 0) is 69.1 Å². The molecule has 0 amide bonds. The molecular weight excluding hydrogens is 380 g/mol. The Labute approximate surface area is 168 Å². The Balaban J connectivity index is 2.46. The molecule has 0 fully saturated rings. The highest BCUT2D eigenvalue weighted by atomic mass is 28.5. The maximum absolute atomic E-state index is 6.75. The van der Waals surface area contributed by atoms with E-state index in [4.69, 9.17) is 8.23 Å². The highest BCUT2D eigenvalue weighted by Gasteiger charge is 2.43. The van der Waals surface area contributed by atoms with Crippen molar-refractivity contribution >= 4 is 42.5 Å². The van der Waals surface area contributed by atoms with Crippen LogP contribution < -0.4 is 5.19 Å². The molecule has 0 saturated carbocycles. The van der Waals surface area contributed by atoms with Gasteiger partial charge in [-0.1, -0.05) is 66.2 Å². The number of hydrogen-bond acceptors (Lipinski definition) is 2. The van der Waals surface area contributed by atoms with Crippen LogP contribution in [0.25, 0.3) is 12.2 Å². The maximum atomic E-state index is 6.75. The van der Waals surface area contributed by atoms with E-state index in [9.17, 15) is 0 Å². The van der Waals surface area contributed by atoms with Gasteiger partial charge in [-0.3, -0.25) is 0 Å². The summed E-state index contributed by atoms with van der Waals surface area (Å²) in [7, 11) is -6.03.